The van der Waals surface area contributed by atoms with Crippen molar-refractivity contribution < 1.29 is 4.74 Å². The lowest BCUT2D eigenvalue weighted by Gasteiger charge is -2.09. The van der Waals surface area contributed by atoms with E-state index in [-0.39, 0.29) is 0 Å². The van der Waals surface area contributed by atoms with Crippen LogP contribution in [0.15, 0.2) is 40.9 Å². The van der Waals surface area contributed by atoms with Crippen LogP contribution >= 0.6 is 15.9 Å². The molecule has 0 heterocycles. The third-order valence-corrected chi connectivity index (χ3v) is 3.46. The molecular formula is C17H17BrO. The largest absolute Gasteiger partial charge is 0.496 e. The predicted octanol–water partition coefficient (Wildman–Crippen LogP) is 5.24. The summed E-state index contributed by atoms with van der Waals surface area (Å²) < 4.78 is 6.53. The molecule has 2 rings (SSSR count). The van der Waals surface area contributed by atoms with Crippen molar-refractivity contribution in [2.45, 2.75) is 13.8 Å². The van der Waals surface area contributed by atoms with Crippen LogP contribution in [-0.4, -0.2) is 7.11 Å². The number of benzene rings is 2. The molecule has 0 atom stereocenters. The summed E-state index contributed by atoms with van der Waals surface area (Å²) in [7, 11) is 1.71. The van der Waals surface area contributed by atoms with Crippen molar-refractivity contribution in [2.24, 2.45) is 0 Å². The first kappa shape index (κ1) is 13.9. The van der Waals surface area contributed by atoms with Crippen LogP contribution in [-0.2, 0) is 0 Å². The third kappa shape index (κ3) is 3.48. The number of hydrogen-bond donors (Lipinski definition) is 0. The van der Waals surface area contributed by atoms with Gasteiger partial charge in [-0.3, -0.25) is 0 Å². The average molecular weight is 317 g/mol. The molecule has 0 spiro atoms. The molecule has 2 heteroatoms. The topological polar surface area (TPSA) is 9.23 Å². The standard InChI is InChI=1S/C17H17BrO/c1-12-4-6-14(7-5-12)8-9-15-11-16(18)10-13(2)17(15)19-3/h4-11H,1-3H3. The number of rotatable bonds is 3. The first-order valence-corrected chi connectivity index (χ1v) is 6.98. The maximum atomic E-state index is 5.47. The summed E-state index contributed by atoms with van der Waals surface area (Å²) in [5.41, 5.74) is 4.66. The van der Waals surface area contributed by atoms with E-state index in [2.05, 4.69) is 71.4 Å². The van der Waals surface area contributed by atoms with Gasteiger partial charge in [0.15, 0.2) is 0 Å². The summed E-state index contributed by atoms with van der Waals surface area (Å²) in [6, 6.07) is 12.6. The molecule has 0 bridgehead atoms. The van der Waals surface area contributed by atoms with E-state index in [1.807, 2.05) is 6.92 Å². The summed E-state index contributed by atoms with van der Waals surface area (Å²) in [6.45, 7) is 4.14. The molecule has 19 heavy (non-hydrogen) atoms. The Labute approximate surface area is 123 Å². The molecule has 98 valence electrons. The van der Waals surface area contributed by atoms with Crippen molar-refractivity contribution in [1.29, 1.82) is 0 Å². The fraction of sp³-hybridized carbons (Fsp3) is 0.176. The molecule has 2 aromatic rings. The number of methoxy groups -OCH3 is 1. The Balaban J connectivity index is 2.34. The molecular weight excluding hydrogens is 300 g/mol. The quantitative estimate of drug-likeness (QED) is 0.703. The predicted molar refractivity (Wildman–Crippen MR) is 85.5 cm³/mol. The van der Waals surface area contributed by atoms with Gasteiger partial charge in [-0.1, -0.05) is 57.9 Å². The SMILES string of the molecule is COc1c(C)cc(Br)cc1C=Cc1ccc(C)cc1. The van der Waals surface area contributed by atoms with E-state index in [4.69, 9.17) is 4.74 Å². The lowest BCUT2D eigenvalue weighted by molar-refractivity contribution is 0.410. The van der Waals surface area contributed by atoms with Crippen LogP contribution in [0.1, 0.15) is 22.3 Å². The van der Waals surface area contributed by atoms with Crippen molar-refractivity contribution in [3.63, 3.8) is 0 Å². The molecule has 0 aliphatic rings. The highest BCUT2D eigenvalue weighted by atomic mass is 79.9. The highest BCUT2D eigenvalue weighted by molar-refractivity contribution is 9.10. The van der Waals surface area contributed by atoms with Crippen LogP contribution in [0.2, 0.25) is 0 Å². The van der Waals surface area contributed by atoms with Crippen molar-refractivity contribution >= 4 is 28.1 Å². The Morgan fingerprint density at radius 1 is 1.00 bits per heavy atom. The monoisotopic (exact) mass is 316 g/mol. The zero-order valence-electron chi connectivity index (χ0n) is 11.4. The zero-order chi connectivity index (χ0) is 13.8. The van der Waals surface area contributed by atoms with Gasteiger partial charge in [0, 0.05) is 10.0 Å². The molecule has 0 saturated heterocycles. The van der Waals surface area contributed by atoms with Crippen molar-refractivity contribution in [2.75, 3.05) is 7.11 Å². The molecule has 1 nitrogen and oxygen atoms in total. The third-order valence-electron chi connectivity index (χ3n) is 3.00. The Morgan fingerprint density at radius 3 is 2.32 bits per heavy atom. The van der Waals surface area contributed by atoms with Gasteiger partial charge in [0.2, 0.25) is 0 Å². The normalized spacial score (nSPS) is 10.9. The number of aryl methyl sites for hydroxylation is 2. The summed E-state index contributed by atoms with van der Waals surface area (Å²) in [5, 5.41) is 0. The van der Waals surface area contributed by atoms with E-state index < -0.39 is 0 Å². The summed E-state index contributed by atoms with van der Waals surface area (Å²) in [6.07, 6.45) is 4.18. The van der Waals surface area contributed by atoms with E-state index in [1.165, 1.54) is 11.1 Å². The highest BCUT2D eigenvalue weighted by Gasteiger charge is 2.05. The first-order valence-electron chi connectivity index (χ1n) is 6.19. The summed E-state index contributed by atoms with van der Waals surface area (Å²) in [5.74, 6) is 0.923. The summed E-state index contributed by atoms with van der Waals surface area (Å²) in [4.78, 5) is 0. The summed E-state index contributed by atoms with van der Waals surface area (Å²) >= 11 is 3.52. The molecule has 0 amide bonds. The van der Waals surface area contributed by atoms with Crippen molar-refractivity contribution in [1.82, 2.24) is 0 Å². The smallest absolute Gasteiger partial charge is 0.129 e. The molecule has 0 unspecified atom stereocenters. The Morgan fingerprint density at radius 2 is 1.68 bits per heavy atom. The van der Waals surface area contributed by atoms with Crippen LogP contribution in [0.5, 0.6) is 5.75 Å². The first-order chi connectivity index (χ1) is 9.10. The van der Waals surface area contributed by atoms with Gasteiger partial charge in [-0.25, -0.2) is 0 Å². The second-order valence-electron chi connectivity index (χ2n) is 4.59. The molecule has 2 aromatic carbocycles. The average Bonchev–Trinajstić information content (AvgIpc) is 2.37. The molecule has 0 aliphatic heterocycles. The van der Waals surface area contributed by atoms with Crippen LogP contribution < -0.4 is 4.74 Å². The maximum Gasteiger partial charge on any atom is 0.129 e. The highest BCUT2D eigenvalue weighted by Crippen LogP contribution is 2.29. The zero-order valence-corrected chi connectivity index (χ0v) is 13.0. The number of ether oxygens (including phenoxy) is 1. The fourth-order valence-corrected chi connectivity index (χ4v) is 2.61. The van der Waals surface area contributed by atoms with Crippen LogP contribution in [0.25, 0.3) is 12.2 Å². The lowest BCUT2D eigenvalue weighted by atomic mass is 10.1. The second-order valence-corrected chi connectivity index (χ2v) is 5.50. The van der Waals surface area contributed by atoms with Gasteiger partial charge in [-0.05, 0) is 37.1 Å². The van der Waals surface area contributed by atoms with Gasteiger partial charge in [0.25, 0.3) is 0 Å². The molecule has 0 radical (unpaired) electrons. The van der Waals surface area contributed by atoms with Crippen LogP contribution in [0.4, 0.5) is 0 Å². The molecule has 0 saturated carbocycles. The van der Waals surface area contributed by atoms with Gasteiger partial charge < -0.3 is 4.74 Å². The second kappa shape index (κ2) is 6.07. The Kier molecular flexibility index (Phi) is 4.43. The maximum absolute atomic E-state index is 5.47. The van der Waals surface area contributed by atoms with Crippen molar-refractivity contribution in [3.8, 4) is 5.75 Å². The van der Waals surface area contributed by atoms with Crippen molar-refractivity contribution in [3.05, 3.63) is 63.1 Å². The molecule has 0 N–H and O–H groups in total. The van der Waals surface area contributed by atoms with E-state index in [9.17, 15) is 0 Å². The molecule has 0 aliphatic carbocycles. The Bertz CT molecular complexity index is 597. The van der Waals surface area contributed by atoms with E-state index in [0.717, 1.165) is 21.3 Å². The van der Waals surface area contributed by atoms with Crippen LogP contribution in [0.3, 0.4) is 0 Å². The van der Waals surface area contributed by atoms with Gasteiger partial charge in [0.1, 0.15) is 5.75 Å². The van der Waals surface area contributed by atoms with Gasteiger partial charge >= 0.3 is 0 Å². The minimum absolute atomic E-state index is 0.923. The molecule has 0 aromatic heterocycles. The number of halogens is 1. The van der Waals surface area contributed by atoms with E-state index in [1.54, 1.807) is 7.11 Å². The minimum atomic E-state index is 0.923. The van der Waals surface area contributed by atoms with E-state index >= 15 is 0 Å². The Hall–Kier alpha value is -1.54. The molecule has 0 fully saturated rings. The fourth-order valence-electron chi connectivity index (χ4n) is 2.02. The number of hydrogen-bond acceptors (Lipinski definition) is 1. The minimum Gasteiger partial charge on any atom is -0.496 e. The van der Waals surface area contributed by atoms with E-state index in [0.29, 0.717) is 0 Å². The van der Waals surface area contributed by atoms with Gasteiger partial charge in [-0.2, -0.15) is 0 Å². The van der Waals surface area contributed by atoms with Gasteiger partial charge in [0.05, 0.1) is 7.11 Å². The lowest BCUT2D eigenvalue weighted by Crippen LogP contribution is -1.90. The van der Waals surface area contributed by atoms with Crippen LogP contribution in [0, 0.1) is 13.8 Å². The van der Waals surface area contributed by atoms with Gasteiger partial charge in [-0.15, -0.1) is 0 Å².